The van der Waals surface area contributed by atoms with Gasteiger partial charge in [0.25, 0.3) is 0 Å². The summed E-state index contributed by atoms with van der Waals surface area (Å²) in [6.07, 6.45) is 3.41. The van der Waals surface area contributed by atoms with E-state index in [1.54, 1.807) is 0 Å². The van der Waals surface area contributed by atoms with Gasteiger partial charge in [-0.3, -0.25) is 0 Å². The highest BCUT2D eigenvalue weighted by Crippen LogP contribution is 2.29. The number of piperidine rings is 1. The third-order valence-corrected chi connectivity index (χ3v) is 4.62. The first-order valence-corrected chi connectivity index (χ1v) is 7.86. The summed E-state index contributed by atoms with van der Waals surface area (Å²) in [5, 5.41) is 0.836. The van der Waals surface area contributed by atoms with Crippen molar-refractivity contribution in [3.05, 3.63) is 28.8 Å². The topological polar surface area (TPSA) is 32.5 Å². The van der Waals surface area contributed by atoms with Gasteiger partial charge < -0.3 is 15.5 Å². The molecule has 1 aliphatic heterocycles. The number of hydrogen-bond acceptors (Lipinski definition) is 3. The Morgan fingerprint density at radius 2 is 2.05 bits per heavy atom. The maximum Gasteiger partial charge on any atom is 0.0459 e. The normalized spacial score (nSPS) is 17.4. The third kappa shape index (κ3) is 3.87. The first-order chi connectivity index (χ1) is 9.61. The average molecular weight is 296 g/mol. The highest BCUT2D eigenvalue weighted by atomic mass is 35.5. The van der Waals surface area contributed by atoms with Gasteiger partial charge in [-0.2, -0.15) is 0 Å². The van der Waals surface area contributed by atoms with Crippen molar-refractivity contribution in [3.8, 4) is 0 Å². The molecule has 2 N–H and O–H groups in total. The van der Waals surface area contributed by atoms with E-state index in [-0.39, 0.29) is 0 Å². The van der Waals surface area contributed by atoms with Gasteiger partial charge >= 0.3 is 0 Å². The van der Waals surface area contributed by atoms with Gasteiger partial charge in [0.05, 0.1) is 0 Å². The van der Waals surface area contributed by atoms with E-state index in [4.69, 9.17) is 17.3 Å². The fraction of sp³-hybridized carbons (Fsp3) is 0.625. The van der Waals surface area contributed by atoms with Crippen LogP contribution in [0.4, 0.5) is 5.69 Å². The van der Waals surface area contributed by atoms with Crippen LogP contribution >= 0.6 is 11.6 Å². The molecule has 0 radical (unpaired) electrons. The van der Waals surface area contributed by atoms with Gasteiger partial charge in [0.15, 0.2) is 0 Å². The number of likely N-dealkylation sites (tertiary alicyclic amines) is 1. The molecule has 0 bridgehead atoms. The minimum atomic E-state index is 0.638. The van der Waals surface area contributed by atoms with E-state index in [0.717, 1.165) is 23.9 Å². The minimum Gasteiger partial charge on any atom is -0.374 e. The average Bonchev–Trinajstić information content (AvgIpc) is 2.43. The van der Waals surface area contributed by atoms with Gasteiger partial charge in [0.2, 0.25) is 0 Å². The number of nitrogens with zero attached hydrogens (tertiary/aromatic N) is 2. The Kier molecular flexibility index (Phi) is 5.70. The molecule has 1 heterocycles. The largest absolute Gasteiger partial charge is 0.374 e. The van der Waals surface area contributed by atoms with Crippen molar-refractivity contribution in [1.82, 2.24) is 4.90 Å². The van der Waals surface area contributed by atoms with Gasteiger partial charge in [0, 0.05) is 24.3 Å². The van der Waals surface area contributed by atoms with Crippen molar-refractivity contribution in [2.75, 3.05) is 45.2 Å². The van der Waals surface area contributed by atoms with E-state index in [2.05, 4.69) is 30.0 Å². The molecule has 0 saturated carbocycles. The SMILES string of the molecule is CN1CCC(CN(C)c2cccc(Cl)c2CCN)CC1. The number of benzene rings is 1. The summed E-state index contributed by atoms with van der Waals surface area (Å²) in [4.78, 5) is 4.77. The number of rotatable bonds is 5. The van der Waals surface area contributed by atoms with E-state index in [0.29, 0.717) is 6.54 Å². The molecule has 112 valence electrons. The number of nitrogens with two attached hydrogens (primary N) is 1. The van der Waals surface area contributed by atoms with Gasteiger partial charge in [-0.05, 0) is 69.6 Å². The van der Waals surface area contributed by atoms with Crippen LogP contribution in [0.5, 0.6) is 0 Å². The van der Waals surface area contributed by atoms with Crippen LogP contribution in [0.3, 0.4) is 0 Å². The second-order valence-electron chi connectivity index (χ2n) is 5.90. The summed E-state index contributed by atoms with van der Waals surface area (Å²) in [6.45, 7) is 4.16. The second kappa shape index (κ2) is 7.30. The first kappa shape index (κ1) is 15.6. The summed E-state index contributed by atoms with van der Waals surface area (Å²) < 4.78 is 0. The van der Waals surface area contributed by atoms with Crippen LogP contribution in [0, 0.1) is 5.92 Å². The highest BCUT2D eigenvalue weighted by Gasteiger charge is 2.19. The van der Waals surface area contributed by atoms with Gasteiger partial charge in [-0.1, -0.05) is 17.7 Å². The predicted molar refractivity (Wildman–Crippen MR) is 87.7 cm³/mol. The van der Waals surface area contributed by atoms with Crippen molar-refractivity contribution < 1.29 is 0 Å². The van der Waals surface area contributed by atoms with E-state index in [1.807, 2.05) is 12.1 Å². The van der Waals surface area contributed by atoms with Crippen LogP contribution in [0.25, 0.3) is 0 Å². The fourth-order valence-corrected chi connectivity index (χ4v) is 3.29. The maximum atomic E-state index is 6.33. The standard InChI is InChI=1S/C16H26ClN3/c1-19-10-7-13(8-11-19)12-20(2)16-5-3-4-15(17)14(16)6-9-18/h3-5,13H,6-12,18H2,1-2H3. The Balaban J connectivity index is 2.05. The Morgan fingerprint density at radius 1 is 1.35 bits per heavy atom. The molecule has 0 aliphatic carbocycles. The van der Waals surface area contributed by atoms with Crippen molar-refractivity contribution >= 4 is 17.3 Å². The van der Waals surface area contributed by atoms with Crippen molar-refractivity contribution in [2.24, 2.45) is 11.7 Å². The lowest BCUT2D eigenvalue weighted by molar-refractivity contribution is 0.222. The predicted octanol–water partition coefficient (Wildman–Crippen LogP) is 2.62. The molecule has 4 heteroatoms. The zero-order chi connectivity index (χ0) is 14.5. The molecule has 0 atom stereocenters. The Morgan fingerprint density at radius 3 is 2.70 bits per heavy atom. The van der Waals surface area contributed by atoms with Gasteiger partial charge in [-0.15, -0.1) is 0 Å². The van der Waals surface area contributed by atoms with Crippen molar-refractivity contribution in [2.45, 2.75) is 19.3 Å². The van der Waals surface area contributed by atoms with E-state index in [1.165, 1.54) is 37.2 Å². The summed E-state index contributed by atoms with van der Waals surface area (Å²) in [5.41, 5.74) is 8.14. The summed E-state index contributed by atoms with van der Waals surface area (Å²) in [5.74, 6) is 0.779. The molecule has 1 aromatic rings. The molecule has 3 nitrogen and oxygen atoms in total. The molecule has 1 aromatic carbocycles. The number of hydrogen-bond donors (Lipinski definition) is 1. The lowest BCUT2D eigenvalue weighted by Crippen LogP contribution is -2.36. The van der Waals surface area contributed by atoms with E-state index >= 15 is 0 Å². The zero-order valence-electron chi connectivity index (χ0n) is 12.6. The molecule has 0 unspecified atom stereocenters. The Labute approximate surface area is 127 Å². The van der Waals surface area contributed by atoms with Crippen LogP contribution in [0.2, 0.25) is 5.02 Å². The van der Waals surface area contributed by atoms with Crippen LogP contribution in [0.1, 0.15) is 18.4 Å². The lowest BCUT2D eigenvalue weighted by atomic mass is 9.96. The quantitative estimate of drug-likeness (QED) is 0.906. The molecule has 2 rings (SSSR count). The molecular formula is C16H26ClN3. The van der Waals surface area contributed by atoms with Crippen LogP contribution in [-0.2, 0) is 6.42 Å². The fourth-order valence-electron chi connectivity index (χ4n) is 3.03. The van der Waals surface area contributed by atoms with Crippen LogP contribution in [-0.4, -0.2) is 45.2 Å². The smallest absolute Gasteiger partial charge is 0.0459 e. The molecule has 20 heavy (non-hydrogen) atoms. The van der Waals surface area contributed by atoms with Gasteiger partial charge in [-0.25, -0.2) is 0 Å². The van der Waals surface area contributed by atoms with Crippen molar-refractivity contribution in [3.63, 3.8) is 0 Å². The summed E-state index contributed by atoms with van der Waals surface area (Å²) >= 11 is 6.33. The summed E-state index contributed by atoms with van der Waals surface area (Å²) in [7, 11) is 4.38. The molecule has 0 spiro atoms. The van der Waals surface area contributed by atoms with Crippen LogP contribution in [0.15, 0.2) is 18.2 Å². The Bertz CT molecular complexity index is 428. The Hall–Kier alpha value is -0.770. The minimum absolute atomic E-state index is 0.638. The van der Waals surface area contributed by atoms with Gasteiger partial charge in [0.1, 0.15) is 0 Å². The molecular weight excluding hydrogens is 270 g/mol. The lowest BCUT2D eigenvalue weighted by Gasteiger charge is -2.33. The number of halogens is 1. The molecule has 1 aliphatic rings. The van der Waals surface area contributed by atoms with Crippen molar-refractivity contribution in [1.29, 1.82) is 0 Å². The number of anilines is 1. The third-order valence-electron chi connectivity index (χ3n) is 4.27. The maximum absolute atomic E-state index is 6.33. The van der Waals surface area contributed by atoms with Crippen LogP contribution < -0.4 is 10.6 Å². The summed E-state index contributed by atoms with van der Waals surface area (Å²) in [6, 6.07) is 6.15. The van der Waals surface area contributed by atoms with E-state index in [9.17, 15) is 0 Å². The molecule has 0 aromatic heterocycles. The zero-order valence-corrected chi connectivity index (χ0v) is 13.4. The first-order valence-electron chi connectivity index (χ1n) is 7.49. The second-order valence-corrected chi connectivity index (χ2v) is 6.31. The highest BCUT2D eigenvalue weighted by molar-refractivity contribution is 6.31. The molecule has 0 amide bonds. The molecule has 1 fully saturated rings. The van der Waals surface area contributed by atoms with E-state index < -0.39 is 0 Å². The molecule has 1 saturated heterocycles. The monoisotopic (exact) mass is 295 g/mol.